The predicted molar refractivity (Wildman–Crippen MR) is 93.3 cm³/mol. The van der Waals surface area contributed by atoms with Gasteiger partial charge in [0.25, 0.3) is 5.69 Å². The molecule has 0 aromatic heterocycles. The normalized spacial score (nSPS) is 20.4. The summed E-state index contributed by atoms with van der Waals surface area (Å²) in [5.74, 6) is 0.960. The van der Waals surface area contributed by atoms with Crippen LogP contribution in [0.4, 0.5) is 11.4 Å². The average Bonchev–Trinajstić information content (AvgIpc) is 2.60. The molecule has 1 saturated carbocycles. The van der Waals surface area contributed by atoms with Crippen molar-refractivity contribution in [1.82, 2.24) is 0 Å². The van der Waals surface area contributed by atoms with Gasteiger partial charge in [0.05, 0.1) is 18.1 Å². The highest BCUT2D eigenvalue weighted by molar-refractivity contribution is 5.94. The molecule has 6 heteroatoms. The van der Waals surface area contributed by atoms with Gasteiger partial charge in [-0.3, -0.25) is 14.9 Å². The summed E-state index contributed by atoms with van der Waals surface area (Å²) in [6, 6.07) is 4.48. The molecule has 0 atom stereocenters. The number of nitrogens with zero attached hydrogens (tertiary/aromatic N) is 1. The van der Waals surface area contributed by atoms with E-state index in [4.69, 9.17) is 4.74 Å². The Morgan fingerprint density at radius 2 is 2.04 bits per heavy atom. The third-order valence-corrected chi connectivity index (χ3v) is 4.84. The summed E-state index contributed by atoms with van der Waals surface area (Å²) in [5, 5.41) is 13.9. The van der Waals surface area contributed by atoms with Crippen molar-refractivity contribution in [2.24, 2.45) is 11.8 Å². The number of nitro benzene ring substituents is 1. The molecule has 1 aliphatic carbocycles. The summed E-state index contributed by atoms with van der Waals surface area (Å²) in [5.41, 5.74) is 0.0956. The first-order chi connectivity index (χ1) is 11.5. The number of hydrogen-bond acceptors (Lipinski definition) is 4. The number of hydrogen-bond donors (Lipinski definition) is 1. The van der Waals surface area contributed by atoms with Gasteiger partial charge in [-0.1, -0.05) is 26.2 Å². The summed E-state index contributed by atoms with van der Waals surface area (Å²) in [4.78, 5) is 23.1. The maximum absolute atomic E-state index is 12.5. The standard InChI is InChI=1S/C18H26N2O4/c1-3-4-5-13-6-8-14(9-7-13)18(21)19-16-11-10-15(24-2)12-17(16)20(22)23/h10-14H,3-9H2,1-2H3,(H,19,21). The largest absolute Gasteiger partial charge is 0.496 e. The van der Waals surface area contributed by atoms with Crippen LogP contribution in [0.25, 0.3) is 0 Å². The maximum Gasteiger partial charge on any atom is 0.296 e. The fourth-order valence-electron chi connectivity index (χ4n) is 3.34. The van der Waals surface area contributed by atoms with Crippen molar-refractivity contribution in [3.05, 3.63) is 28.3 Å². The van der Waals surface area contributed by atoms with E-state index in [1.165, 1.54) is 38.5 Å². The molecule has 1 aromatic rings. The minimum atomic E-state index is -0.500. The molecule has 1 N–H and O–H groups in total. The average molecular weight is 334 g/mol. The molecular formula is C18H26N2O4. The predicted octanol–water partition coefficient (Wildman–Crippen LogP) is 4.54. The van der Waals surface area contributed by atoms with Gasteiger partial charge in [-0.05, 0) is 43.7 Å². The van der Waals surface area contributed by atoms with E-state index in [2.05, 4.69) is 12.2 Å². The smallest absolute Gasteiger partial charge is 0.296 e. The number of benzene rings is 1. The summed E-state index contributed by atoms with van der Waals surface area (Å²) < 4.78 is 5.01. The lowest BCUT2D eigenvalue weighted by Gasteiger charge is -2.27. The fourth-order valence-corrected chi connectivity index (χ4v) is 3.34. The first-order valence-corrected chi connectivity index (χ1v) is 8.68. The van der Waals surface area contributed by atoms with Crippen LogP contribution in [-0.4, -0.2) is 17.9 Å². The molecule has 0 heterocycles. The van der Waals surface area contributed by atoms with Gasteiger partial charge in [0.15, 0.2) is 0 Å². The lowest BCUT2D eigenvalue weighted by atomic mass is 9.79. The van der Waals surface area contributed by atoms with E-state index in [0.717, 1.165) is 31.6 Å². The van der Waals surface area contributed by atoms with Crippen molar-refractivity contribution in [3.63, 3.8) is 0 Å². The summed E-state index contributed by atoms with van der Waals surface area (Å²) in [7, 11) is 1.45. The van der Waals surface area contributed by atoms with E-state index >= 15 is 0 Å². The molecule has 24 heavy (non-hydrogen) atoms. The highest BCUT2D eigenvalue weighted by atomic mass is 16.6. The number of unbranched alkanes of at least 4 members (excludes halogenated alkanes) is 1. The first-order valence-electron chi connectivity index (χ1n) is 8.68. The van der Waals surface area contributed by atoms with Crippen LogP contribution in [-0.2, 0) is 4.79 Å². The van der Waals surface area contributed by atoms with Gasteiger partial charge in [0.1, 0.15) is 11.4 Å². The quantitative estimate of drug-likeness (QED) is 0.586. The Bertz CT molecular complexity index is 580. The lowest BCUT2D eigenvalue weighted by molar-refractivity contribution is -0.384. The van der Waals surface area contributed by atoms with Crippen LogP contribution in [0.15, 0.2) is 18.2 Å². The number of amides is 1. The van der Waals surface area contributed by atoms with Gasteiger partial charge < -0.3 is 10.1 Å². The number of anilines is 1. The van der Waals surface area contributed by atoms with Crippen LogP contribution in [0, 0.1) is 22.0 Å². The van der Waals surface area contributed by atoms with Gasteiger partial charge in [-0.25, -0.2) is 0 Å². The zero-order valence-corrected chi connectivity index (χ0v) is 14.4. The fraction of sp³-hybridized carbons (Fsp3) is 0.611. The van der Waals surface area contributed by atoms with Crippen LogP contribution in [0.2, 0.25) is 0 Å². The van der Waals surface area contributed by atoms with E-state index in [-0.39, 0.29) is 23.2 Å². The van der Waals surface area contributed by atoms with Gasteiger partial charge in [0.2, 0.25) is 5.91 Å². The molecule has 1 aliphatic rings. The molecular weight excluding hydrogens is 308 g/mol. The van der Waals surface area contributed by atoms with E-state index in [0.29, 0.717) is 5.75 Å². The second kappa shape index (κ2) is 8.66. The Hall–Kier alpha value is -2.11. The number of ether oxygens (including phenoxy) is 1. The molecule has 6 nitrogen and oxygen atoms in total. The van der Waals surface area contributed by atoms with Crippen molar-refractivity contribution < 1.29 is 14.5 Å². The third kappa shape index (κ3) is 4.69. The lowest BCUT2D eigenvalue weighted by Crippen LogP contribution is -2.27. The van der Waals surface area contributed by atoms with E-state index < -0.39 is 4.92 Å². The van der Waals surface area contributed by atoms with Crippen LogP contribution >= 0.6 is 0 Å². The first kappa shape index (κ1) is 18.2. The van der Waals surface area contributed by atoms with Crippen molar-refractivity contribution in [1.29, 1.82) is 0 Å². The molecule has 0 unspecified atom stereocenters. The van der Waals surface area contributed by atoms with Gasteiger partial charge in [-0.2, -0.15) is 0 Å². The van der Waals surface area contributed by atoms with Crippen LogP contribution in [0.5, 0.6) is 5.75 Å². The van der Waals surface area contributed by atoms with Gasteiger partial charge >= 0.3 is 0 Å². The van der Waals surface area contributed by atoms with Gasteiger partial charge in [-0.15, -0.1) is 0 Å². The van der Waals surface area contributed by atoms with Crippen molar-refractivity contribution in [2.45, 2.75) is 51.9 Å². The van der Waals surface area contributed by atoms with Crippen LogP contribution < -0.4 is 10.1 Å². The SMILES string of the molecule is CCCCC1CCC(C(=O)Nc2ccc(OC)cc2[N+](=O)[O-])CC1. The summed E-state index contributed by atoms with van der Waals surface area (Å²) in [6.45, 7) is 2.20. The number of nitrogens with one attached hydrogen (secondary N) is 1. The Morgan fingerprint density at radius 3 is 2.62 bits per heavy atom. The second-order valence-corrected chi connectivity index (χ2v) is 6.49. The summed E-state index contributed by atoms with van der Waals surface area (Å²) >= 11 is 0. The Labute approximate surface area is 142 Å². The van der Waals surface area contributed by atoms with E-state index in [1.807, 2.05) is 0 Å². The molecule has 1 amide bonds. The molecule has 0 aliphatic heterocycles. The molecule has 2 rings (SSSR count). The Kier molecular flexibility index (Phi) is 6.58. The topological polar surface area (TPSA) is 81.5 Å². The van der Waals surface area contributed by atoms with Gasteiger partial charge in [0, 0.05) is 5.92 Å². The minimum absolute atomic E-state index is 0.0513. The number of carbonyl (C=O) groups excluding carboxylic acids is 1. The number of methoxy groups -OCH3 is 1. The zero-order chi connectivity index (χ0) is 17.5. The molecule has 1 fully saturated rings. The molecule has 0 spiro atoms. The maximum atomic E-state index is 12.5. The number of nitro groups is 1. The number of rotatable bonds is 7. The molecule has 0 radical (unpaired) electrons. The molecule has 1 aromatic carbocycles. The van der Waals surface area contributed by atoms with Crippen molar-refractivity contribution in [2.75, 3.05) is 12.4 Å². The Balaban J connectivity index is 1.97. The second-order valence-electron chi connectivity index (χ2n) is 6.49. The van der Waals surface area contributed by atoms with E-state index in [1.54, 1.807) is 6.07 Å². The third-order valence-electron chi connectivity index (χ3n) is 4.84. The van der Waals surface area contributed by atoms with Crippen LogP contribution in [0.1, 0.15) is 51.9 Å². The van der Waals surface area contributed by atoms with Crippen LogP contribution in [0.3, 0.4) is 0 Å². The molecule has 132 valence electrons. The molecule has 0 saturated heterocycles. The highest BCUT2D eigenvalue weighted by Gasteiger charge is 2.27. The van der Waals surface area contributed by atoms with Crippen molar-refractivity contribution >= 4 is 17.3 Å². The minimum Gasteiger partial charge on any atom is -0.496 e. The number of carbonyl (C=O) groups is 1. The Morgan fingerprint density at radius 1 is 1.33 bits per heavy atom. The highest BCUT2D eigenvalue weighted by Crippen LogP contribution is 2.34. The zero-order valence-electron chi connectivity index (χ0n) is 14.4. The van der Waals surface area contributed by atoms with E-state index in [9.17, 15) is 14.9 Å². The summed E-state index contributed by atoms with van der Waals surface area (Å²) in [6.07, 6.45) is 7.58. The monoisotopic (exact) mass is 334 g/mol. The molecule has 0 bridgehead atoms. The van der Waals surface area contributed by atoms with Crippen molar-refractivity contribution in [3.8, 4) is 5.75 Å².